The van der Waals surface area contributed by atoms with Crippen LogP contribution in [0.5, 0.6) is 5.75 Å². The van der Waals surface area contributed by atoms with Crippen molar-refractivity contribution >= 4 is 11.0 Å². The van der Waals surface area contributed by atoms with Crippen molar-refractivity contribution in [2.75, 3.05) is 13.1 Å². The lowest BCUT2D eigenvalue weighted by atomic mass is 10.1. The number of nitrogens with one attached hydrogen (secondary N) is 3. The summed E-state index contributed by atoms with van der Waals surface area (Å²) in [6, 6.07) is 10.0. The van der Waals surface area contributed by atoms with Crippen molar-refractivity contribution in [3.05, 3.63) is 60.9 Å². The second-order valence-electron chi connectivity index (χ2n) is 8.32. The molecular weight excluding hydrogens is 416 g/mol. The number of H-pyrrole nitrogens is 2. The first-order valence-electron chi connectivity index (χ1n) is 11.1. The van der Waals surface area contributed by atoms with Crippen LogP contribution in [0.4, 0.5) is 0 Å². The number of imidazole rings is 2. The van der Waals surface area contributed by atoms with Crippen molar-refractivity contribution in [2.24, 2.45) is 0 Å². The molecular formula is C24H24N8O. The van der Waals surface area contributed by atoms with Crippen LogP contribution in [0.1, 0.15) is 18.5 Å². The largest absolute Gasteiger partial charge is 0.489 e. The molecule has 6 rings (SSSR count). The Balaban J connectivity index is 1.29. The number of rotatable bonds is 5. The van der Waals surface area contributed by atoms with E-state index in [1.807, 2.05) is 48.0 Å². The van der Waals surface area contributed by atoms with Gasteiger partial charge >= 0.3 is 0 Å². The lowest BCUT2D eigenvalue weighted by Crippen LogP contribution is -2.34. The minimum absolute atomic E-state index is 0.224. The van der Waals surface area contributed by atoms with E-state index >= 15 is 0 Å². The van der Waals surface area contributed by atoms with E-state index in [2.05, 4.69) is 30.5 Å². The number of benzene rings is 1. The SMILES string of the molecule is Cc1cn(-c2cccc3[nH]c(-c4cc(-c5cncc(OC6CCNCC6)c5)n[nH]4)nc23)cn1. The number of para-hydroxylation sites is 1. The summed E-state index contributed by atoms with van der Waals surface area (Å²) in [6.45, 7) is 3.94. The Morgan fingerprint density at radius 2 is 2.03 bits per heavy atom. The predicted molar refractivity (Wildman–Crippen MR) is 125 cm³/mol. The first-order chi connectivity index (χ1) is 16.2. The van der Waals surface area contributed by atoms with Gasteiger partial charge in [-0.2, -0.15) is 5.10 Å². The predicted octanol–water partition coefficient (Wildman–Crippen LogP) is 3.64. The average Bonchev–Trinajstić information content (AvgIpc) is 3.59. The molecule has 5 aromatic rings. The summed E-state index contributed by atoms with van der Waals surface area (Å²) in [5, 5.41) is 11.0. The van der Waals surface area contributed by atoms with Gasteiger partial charge in [0, 0.05) is 18.0 Å². The van der Waals surface area contributed by atoms with Crippen LogP contribution in [0.3, 0.4) is 0 Å². The molecule has 1 fully saturated rings. The Hall–Kier alpha value is -3.98. The number of pyridine rings is 1. The molecule has 166 valence electrons. The van der Waals surface area contributed by atoms with Crippen LogP contribution in [-0.4, -0.2) is 53.9 Å². The topological polar surface area (TPSA) is 109 Å². The van der Waals surface area contributed by atoms with E-state index in [4.69, 9.17) is 9.72 Å². The van der Waals surface area contributed by atoms with Crippen molar-refractivity contribution in [3.63, 3.8) is 0 Å². The normalized spacial score (nSPS) is 14.7. The number of hydrogen-bond acceptors (Lipinski definition) is 6. The Labute approximate surface area is 190 Å². The molecule has 4 aromatic heterocycles. The van der Waals surface area contributed by atoms with Gasteiger partial charge in [0.2, 0.25) is 0 Å². The lowest BCUT2D eigenvalue weighted by molar-refractivity contribution is 0.162. The van der Waals surface area contributed by atoms with Gasteiger partial charge in [-0.05, 0) is 57.1 Å². The molecule has 3 N–H and O–H groups in total. The third-order valence-electron chi connectivity index (χ3n) is 5.91. The summed E-state index contributed by atoms with van der Waals surface area (Å²) in [7, 11) is 0. The fourth-order valence-corrected chi connectivity index (χ4v) is 4.23. The van der Waals surface area contributed by atoms with Crippen molar-refractivity contribution in [1.29, 1.82) is 0 Å². The molecule has 0 atom stereocenters. The molecule has 33 heavy (non-hydrogen) atoms. The quantitative estimate of drug-likeness (QED) is 0.385. The zero-order chi connectivity index (χ0) is 22.2. The number of piperidine rings is 1. The smallest absolute Gasteiger partial charge is 0.156 e. The summed E-state index contributed by atoms with van der Waals surface area (Å²) in [5.74, 6) is 1.50. The molecule has 1 aliphatic heterocycles. The van der Waals surface area contributed by atoms with Crippen molar-refractivity contribution in [3.8, 4) is 34.2 Å². The van der Waals surface area contributed by atoms with Gasteiger partial charge in [-0.1, -0.05) is 6.07 Å². The minimum Gasteiger partial charge on any atom is -0.489 e. The Morgan fingerprint density at radius 3 is 2.88 bits per heavy atom. The van der Waals surface area contributed by atoms with E-state index in [1.165, 1.54) is 0 Å². The number of aromatic amines is 2. The fraction of sp³-hybridized carbons (Fsp3) is 0.250. The molecule has 0 aliphatic carbocycles. The zero-order valence-electron chi connectivity index (χ0n) is 18.2. The van der Waals surface area contributed by atoms with Gasteiger partial charge in [-0.15, -0.1) is 0 Å². The van der Waals surface area contributed by atoms with E-state index in [0.29, 0.717) is 0 Å². The van der Waals surface area contributed by atoms with Crippen LogP contribution < -0.4 is 10.1 Å². The van der Waals surface area contributed by atoms with Crippen molar-refractivity contribution in [1.82, 2.24) is 40.0 Å². The highest BCUT2D eigenvalue weighted by Gasteiger charge is 2.16. The second-order valence-corrected chi connectivity index (χ2v) is 8.32. The molecule has 1 aliphatic rings. The van der Waals surface area contributed by atoms with Gasteiger partial charge < -0.3 is 19.6 Å². The third kappa shape index (κ3) is 3.87. The van der Waals surface area contributed by atoms with E-state index < -0.39 is 0 Å². The fourth-order valence-electron chi connectivity index (χ4n) is 4.23. The van der Waals surface area contributed by atoms with Crippen LogP contribution in [0.25, 0.3) is 39.5 Å². The summed E-state index contributed by atoms with van der Waals surface area (Å²) >= 11 is 0. The zero-order valence-corrected chi connectivity index (χ0v) is 18.2. The molecule has 1 aromatic carbocycles. The van der Waals surface area contributed by atoms with Gasteiger partial charge in [0.15, 0.2) is 5.82 Å². The maximum Gasteiger partial charge on any atom is 0.156 e. The Kier molecular flexibility index (Phi) is 4.88. The Bertz CT molecular complexity index is 1410. The maximum atomic E-state index is 6.14. The number of aromatic nitrogens is 7. The summed E-state index contributed by atoms with van der Waals surface area (Å²) in [5.41, 5.74) is 6.25. The number of nitrogens with zero attached hydrogens (tertiary/aromatic N) is 5. The van der Waals surface area contributed by atoms with Crippen LogP contribution in [-0.2, 0) is 0 Å². The standard InChI is InChI=1S/C24H24N8O/c1-15-13-32(14-27-15)22-4-2-3-19-23(22)29-24(28-19)21-10-20(30-31-21)16-9-18(12-26-11-16)33-17-5-7-25-8-6-17/h2-4,9-14,17,25H,5-8H2,1H3,(H,28,29)(H,30,31). The molecule has 9 nitrogen and oxygen atoms in total. The van der Waals surface area contributed by atoms with Gasteiger partial charge in [0.1, 0.15) is 23.1 Å². The summed E-state index contributed by atoms with van der Waals surface area (Å²) in [4.78, 5) is 16.9. The van der Waals surface area contributed by atoms with Gasteiger partial charge in [-0.3, -0.25) is 10.1 Å². The van der Waals surface area contributed by atoms with Crippen molar-refractivity contribution < 1.29 is 4.74 Å². The molecule has 0 saturated carbocycles. The van der Waals surface area contributed by atoms with Crippen molar-refractivity contribution in [2.45, 2.75) is 25.9 Å². The molecule has 0 unspecified atom stereocenters. The van der Waals surface area contributed by atoms with Crippen LogP contribution in [0.15, 0.2) is 55.2 Å². The van der Waals surface area contributed by atoms with E-state index in [1.54, 1.807) is 18.7 Å². The highest BCUT2D eigenvalue weighted by molar-refractivity contribution is 5.86. The van der Waals surface area contributed by atoms with Crippen LogP contribution in [0, 0.1) is 6.92 Å². The van der Waals surface area contributed by atoms with Crippen LogP contribution >= 0.6 is 0 Å². The second kappa shape index (κ2) is 8.18. The molecule has 0 radical (unpaired) electrons. The maximum absolute atomic E-state index is 6.14. The summed E-state index contributed by atoms with van der Waals surface area (Å²) < 4.78 is 8.13. The molecule has 5 heterocycles. The highest BCUT2D eigenvalue weighted by Crippen LogP contribution is 2.28. The minimum atomic E-state index is 0.224. The first-order valence-corrected chi connectivity index (χ1v) is 11.1. The molecule has 0 spiro atoms. The molecule has 0 bridgehead atoms. The lowest BCUT2D eigenvalue weighted by Gasteiger charge is -2.23. The highest BCUT2D eigenvalue weighted by atomic mass is 16.5. The number of fused-ring (bicyclic) bond motifs is 1. The first kappa shape index (κ1) is 19.7. The number of hydrogen-bond donors (Lipinski definition) is 3. The molecule has 1 saturated heterocycles. The average molecular weight is 441 g/mol. The van der Waals surface area contributed by atoms with Gasteiger partial charge in [0.05, 0.1) is 35.1 Å². The Morgan fingerprint density at radius 1 is 1.12 bits per heavy atom. The van der Waals surface area contributed by atoms with E-state index in [0.717, 1.165) is 76.9 Å². The number of ether oxygens (including phenoxy) is 1. The van der Waals surface area contributed by atoms with E-state index in [9.17, 15) is 0 Å². The third-order valence-corrected chi connectivity index (χ3v) is 5.91. The molecule has 9 heteroatoms. The molecule has 0 amide bonds. The van der Waals surface area contributed by atoms with Crippen LogP contribution in [0.2, 0.25) is 0 Å². The van der Waals surface area contributed by atoms with E-state index in [-0.39, 0.29) is 6.10 Å². The van der Waals surface area contributed by atoms with Gasteiger partial charge in [0.25, 0.3) is 0 Å². The monoisotopic (exact) mass is 440 g/mol. The van der Waals surface area contributed by atoms with Gasteiger partial charge in [-0.25, -0.2) is 9.97 Å². The number of aryl methyl sites for hydroxylation is 1. The summed E-state index contributed by atoms with van der Waals surface area (Å²) in [6.07, 6.45) is 9.59.